The van der Waals surface area contributed by atoms with E-state index in [4.69, 9.17) is 11.6 Å². The lowest BCUT2D eigenvalue weighted by Crippen LogP contribution is -2.19. The molecule has 2 heterocycles. The second-order valence-electron chi connectivity index (χ2n) is 3.65. The topological polar surface area (TPSA) is 24.9 Å². The van der Waals surface area contributed by atoms with Crippen LogP contribution in [0.15, 0.2) is 30.6 Å². The summed E-state index contributed by atoms with van der Waals surface area (Å²) in [4.78, 5) is 4.88. The minimum Gasteiger partial charge on any atom is -0.313 e. The standard InChI is InChI=1S/C12H12ClFN2S/c1-15-11(6-8-2-3-12(13)17-8)9-4-5-16-7-10(9)14/h2-5,7,11,15H,6H2,1H3. The van der Waals surface area contributed by atoms with E-state index in [0.29, 0.717) is 5.56 Å². The summed E-state index contributed by atoms with van der Waals surface area (Å²) in [6, 6.07) is 5.46. The van der Waals surface area contributed by atoms with E-state index in [9.17, 15) is 4.39 Å². The third-order valence-electron chi connectivity index (χ3n) is 2.56. The maximum atomic E-state index is 13.6. The Morgan fingerprint density at radius 3 is 2.88 bits per heavy atom. The molecule has 1 N–H and O–H groups in total. The number of rotatable bonds is 4. The Balaban J connectivity index is 2.20. The Labute approximate surface area is 108 Å². The summed E-state index contributed by atoms with van der Waals surface area (Å²) in [7, 11) is 1.82. The highest BCUT2D eigenvalue weighted by atomic mass is 35.5. The van der Waals surface area contributed by atoms with Crippen LogP contribution in [0.3, 0.4) is 0 Å². The van der Waals surface area contributed by atoms with E-state index in [-0.39, 0.29) is 11.9 Å². The molecule has 0 bridgehead atoms. The molecule has 0 aliphatic heterocycles. The van der Waals surface area contributed by atoms with Crippen molar-refractivity contribution in [2.75, 3.05) is 7.05 Å². The number of nitrogens with zero attached hydrogens (tertiary/aromatic N) is 1. The number of thiophene rings is 1. The largest absolute Gasteiger partial charge is 0.313 e. The number of halogens is 2. The lowest BCUT2D eigenvalue weighted by Gasteiger charge is -2.16. The Morgan fingerprint density at radius 1 is 1.47 bits per heavy atom. The van der Waals surface area contributed by atoms with Crippen molar-refractivity contribution < 1.29 is 4.39 Å². The summed E-state index contributed by atoms with van der Waals surface area (Å²) in [5.41, 5.74) is 0.632. The van der Waals surface area contributed by atoms with Crippen LogP contribution in [-0.2, 0) is 6.42 Å². The van der Waals surface area contributed by atoms with Crippen LogP contribution < -0.4 is 5.32 Å². The zero-order chi connectivity index (χ0) is 12.3. The van der Waals surface area contributed by atoms with Gasteiger partial charge in [0, 0.05) is 29.1 Å². The molecule has 2 aromatic rings. The Kier molecular flexibility index (Phi) is 4.10. The number of likely N-dealkylation sites (N-methyl/N-ethyl adjacent to an activating group) is 1. The lowest BCUT2D eigenvalue weighted by atomic mass is 10.0. The Bertz CT molecular complexity index is 501. The minimum absolute atomic E-state index is 0.0623. The van der Waals surface area contributed by atoms with Gasteiger partial charge in [0.05, 0.1) is 10.5 Å². The first kappa shape index (κ1) is 12.5. The van der Waals surface area contributed by atoms with Gasteiger partial charge in [-0.2, -0.15) is 0 Å². The molecule has 0 saturated heterocycles. The quantitative estimate of drug-likeness (QED) is 0.921. The molecule has 0 fully saturated rings. The van der Waals surface area contributed by atoms with Crippen LogP contribution in [-0.4, -0.2) is 12.0 Å². The number of hydrogen-bond acceptors (Lipinski definition) is 3. The Morgan fingerprint density at radius 2 is 2.29 bits per heavy atom. The molecule has 5 heteroatoms. The average Bonchev–Trinajstić information content (AvgIpc) is 2.73. The summed E-state index contributed by atoms with van der Waals surface area (Å²) < 4.78 is 14.4. The first-order chi connectivity index (χ1) is 8.20. The predicted octanol–water partition coefficient (Wildman–Crippen LogP) is 3.44. The monoisotopic (exact) mass is 270 g/mol. The summed E-state index contributed by atoms with van der Waals surface area (Å²) in [5, 5.41) is 3.11. The normalized spacial score (nSPS) is 12.6. The second kappa shape index (κ2) is 5.58. The van der Waals surface area contributed by atoms with Crippen molar-refractivity contribution in [3.8, 4) is 0 Å². The Hall–Kier alpha value is -0.970. The molecule has 17 heavy (non-hydrogen) atoms. The van der Waals surface area contributed by atoms with E-state index in [0.717, 1.165) is 15.6 Å². The van der Waals surface area contributed by atoms with Gasteiger partial charge in [0.1, 0.15) is 5.82 Å². The van der Waals surface area contributed by atoms with Crippen LogP contribution in [0, 0.1) is 5.82 Å². The van der Waals surface area contributed by atoms with E-state index >= 15 is 0 Å². The molecular weight excluding hydrogens is 259 g/mol. The third kappa shape index (κ3) is 3.03. The summed E-state index contributed by atoms with van der Waals surface area (Å²) in [6.07, 6.45) is 3.56. The smallest absolute Gasteiger partial charge is 0.146 e. The summed E-state index contributed by atoms with van der Waals surface area (Å²) in [6.45, 7) is 0. The summed E-state index contributed by atoms with van der Waals surface area (Å²) >= 11 is 7.40. The van der Waals surface area contributed by atoms with Crippen molar-refractivity contribution in [1.29, 1.82) is 0 Å². The van der Waals surface area contributed by atoms with Gasteiger partial charge in [0.15, 0.2) is 0 Å². The molecule has 2 aromatic heterocycles. The van der Waals surface area contributed by atoms with Crippen LogP contribution in [0.25, 0.3) is 0 Å². The molecule has 90 valence electrons. The number of nitrogens with one attached hydrogen (secondary N) is 1. The third-order valence-corrected chi connectivity index (χ3v) is 3.82. The van der Waals surface area contributed by atoms with Gasteiger partial charge in [0.25, 0.3) is 0 Å². The average molecular weight is 271 g/mol. The highest BCUT2D eigenvalue weighted by Crippen LogP contribution is 2.27. The van der Waals surface area contributed by atoms with Gasteiger partial charge in [0.2, 0.25) is 0 Å². The molecule has 0 amide bonds. The predicted molar refractivity (Wildman–Crippen MR) is 69.0 cm³/mol. The van der Waals surface area contributed by atoms with Crippen molar-refractivity contribution in [1.82, 2.24) is 10.3 Å². The minimum atomic E-state index is -0.283. The van der Waals surface area contributed by atoms with Gasteiger partial charge < -0.3 is 5.32 Å². The molecule has 1 unspecified atom stereocenters. The van der Waals surface area contributed by atoms with Gasteiger partial charge in [-0.05, 0) is 25.2 Å². The van der Waals surface area contributed by atoms with Crippen molar-refractivity contribution in [2.24, 2.45) is 0 Å². The van der Waals surface area contributed by atoms with Crippen molar-refractivity contribution in [3.63, 3.8) is 0 Å². The molecule has 0 spiro atoms. The summed E-state index contributed by atoms with van der Waals surface area (Å²) in [5.74, 6) is -0.283. The van der Waals surface area contributed by atoms with Crippen LogP contribution in [0.2, 0.25) is 4.34 Å². The molecule has 2 rings (SSSR count). The van der Waals surface area contributed by atoms with Gasteiger partial charge >= 0.3 is 0 Å². The molecule has 0 aliphatic rings. The molecule has 0 radical (unpaired) electrons. The molecule has 1 atom stereocenters. The van der Waals surface area contributed by atoms with Crippen molar-refractivity contribution >= 4 is 22.9 Å². The molecule has 0 aliphatic carbocycles. The maximum Gasteiger partial charge on any atom is 0.146 e. The van der Waals surface area contributed by atoms with Gasteiger partial charge in [-0.25, -0.2) is 4.39 Å². The van der Waals surface area contributed by atoms with Gasteiger partial charge in [-0.15, -0.1) is 11.3 Å². The van der Waals surface area contributed by atoms with Crippen LogP contribution in [0.4, 0.5) is 4.39 Å². The highest BCUT2D eigenvalue weighted by Gasteiger charge is 2.15. The van der Waals surface area contributed by atoms with Gasteiger partial charge in [-0.3, -0.25) is 4.98 Å². The zero-order valence-corrected chi connectivity index (χ0v) is 10.9. The van der Waals surface area contributed by atoms with E-state index in [1.54, 1.807) is 12.3 Å². The van der Waals surface area contributed by atoms with Crippen LogP contribution in [0.1, 0.15) is 16.5 Å². The van der Waals surface area contributed by atoms with Crippen LogP contribution in [0.5, 0.6) is 0 Å². The zero-order valence-electron chi connectivity index (χ0n) is 9.28. The molecule has 0 aromatic carbocycles. The lowest BCUT2D eigenvalue weighted by molar-refractivity contribution is 0.532. The first-order valence-corrected chi connectivity index (χ1v) is 6.41. The van der Waals surface area contributed by atoms with E-state index in [2.05, 4.69) is 10.3 Å². The highest BCUT2D eigenvalue weighted by molar-refractivity contribution is 7.16. The number of hydrogen-bond donors (Lipinski definition) is 1. The van der Waals surface area contributed by atoms with Crippen molar-refractivity contribution in [3.05, 3.63) is 51.2 Å². The SMILES string of the molecule is CNC(Cc1ccc(Cl)s1)c1ccncc1F. The van der Waals surface area contributed by atoms with E-state index in [1.807, 2.05) is 19.2 Å². The molecule has 2 nitrogen and oxygen atoms in total. The van der Waals surface area contributed by atoms with Crippen LogP contribution >= 0.6 is 22.9 Å². The fourth-order valence-electron chi connectivity index (χ4n) is 1.70. The second-order valence-corrected chi connectivity index (χ2v) is 5.45. The van der Waals surface area contributed by atoms with E-state index < -0.39 is 0 Å². The molecular formula is C12H12ClFN2S. The van der Waals surface area contributed by atoms with Crippen molar-refractivity contribution in [2.45, 2.75) is 12.5 Å². The van der Waals surface area contributed by atoms with E-state index in [1.165, 1.54) is 17.5 Å². The molecule has 0 saturated carbocycles. The fourth-order valence-corrected chi connectivity index (χ4v) is 2.83. The number of pyridine rings is 1. The maximum absolute atomic E-state index is 13.6. The number of aromatic nitrogens is 1. The fraction of sp³-hybridized carbons (Fsp3) is 0.250. The van der Waals surface area contributed by atoms with Gasteiger partial charge in [-0.1, -0.05) is 11.6 Å². The first-order valence-electron chi connectivity index (χ1n) is 5.21.